The number of methoxy groups -OCH3 is 1. The fourth-order valence-electron chi connectivity index (χ4n) is 3.47. The van der Waals surface area contributed by atoms with E-state index in [0.29, 0.717) is 12.0 Å². The molecule has 0 saturated heterocycles. The number of esters is 1. The molecule has 5 nitrogen and oxygen atoms in total. The molecule has 0 aliphatic heterocycles. The van der Waals surface area contributed by atoms with E-state index in [1.807, 2.05) is 26.0 Å². The van der Waals surface area contributed by atoms with E-state index in [1.165, 1.54) is 0 Å². The van der Waals surface area contributed by atoms with E-state index in [-0.39, 0.29) is 12.5 Å². The quantitative estimate of drug-likeness (QED) is 0.832. The summed E-state index contributed by atoms with van der Waals surface area (Å²) in [5.74, 6) is -0.582. The lowest BCUT2D eigenvalue weighted by molar-refractivity contribution is -0.173. The summed E-state index contributed by atoms with van der Waals surface area (Å²) < 4.78 is 10.4. The maximum absolute atomic E-state index is 12.2. The summed E-state index contributed by atoms with van der Waals surface area (Å²) in [5.41, 5.74) is 0.673. The zero-order valence-corrected chi connectivity index (χ0v) is 14.4. The molecule has 128 valence electrons. The molecule has 0 spiro atoms. The number of hydrogen-bond acceptors (Lipinski definition) is 5. The normalized spacial score (nSPS) is 28.0. The Bertz CT molecular complexity index is 597. The Hall–Kier alpha value is -1.59. The first-order valence-corrected chi connectivity index (χ1v) is 8.03. The predicted molar refractivity (Wildman–Crippen MR) is 86.5 cm³/mol. The Morgan fingerprint density at radius 2 is 2.13 bits per heavy atom. The van der Waals surface area contributed by atoms with Crippen LogP contribution in [-0.4, -0.2) is 36.0 Å². The minimum absolute atomic E-state index is 0.0594. The molecule has 1 aliphatic carbocycles. The van der Waals surface area contributed by atoms with E-state index in [0.717, 1.165) is 16.9 Å². The number of aryl methyl sites for hydroxylation is 1. The number of fused-ring (bicyclic) bond motifs is 1. The molecule has 0 fully saturated rings. The minimum atomic E-state index is -1.66. The van der Waals surface area contributed by atoms with Crippen LogP contribution in [0.3, 0.4) is 0 Å². The number of aliphatic hydroxyl groups is 2. The van der Waals surface area contributed by atoms with Gasteiger partial charge in [0, 0.05) is 0 Å². The third-order valence-corrected chi connectivity index (χ3v) is 4.91. The Morgan fingerprint density at radius 3 is 2.70 bits per heavy atom. The van der Waals surface area contributed by atoms with Crippen LogP contribution in [0.2, 0.25) is 0 Å². The Morgan fingerprint density at radius 1 is 1.48 bits per heavy atom. The van der Waals surface area contributed by atoms with E-state index in [2.05, 4.69) is 0 Å². The number of aliphatic hydroxyl groups excluding tert-OH is 1. The summed E-state index contributed by atoms with van der Waals surface area (Å²) in [6.07, 6.45) is -0.656. The van der Waals surface area contributed by atoms with Gasteiger partial charge in [-0.3, -0.25) is 4.79 Å². The summed E-state index contributed by atoms with van der Waals surface area (Å²) in [5, 5.41) is 21.8. The number of rotatable bonds is 4. The van der Waals surface area contributed by atoms with Gasteiger partial charge >= 0.3 is 5.97 Å². The van der Waals surface area contributed by atoms with E-state index in [4.69, 9.17) is 9.47 Å². The highest BCUT2D eigenvalue weighted by Gasteiger charge is 2.51. The largest absolute Gasteiger partial charge is 0.496 e. The lowest BCUT2D eigenvalue weighted by atomic mass is 9.67. The molecular formula is C18H26O5. The molecule has 0 aromatic heterocycles. The van der Waals surface area contributed by atoms with Crippen molar-refractivity contribution in [3.63, 3.8) is 0 Å². The standard InChI is InChI=1S/C18H26O5/c1-6-23-17(20)12(4)18(21)14-7-11(3)15(22-5)9-13(14)10(2)8-16(18)19/h7,9-10,12,16,19,21H,6,8H2,1-5H3/t10-,12?,16?,18?/m1/s1. The molecule has 2 N–H and O–H groups in total. The molecule has 1 aliphatic rings. The molecule has 23 heavy (non-hydrogen) atoms. The van der Waals surface area contributed by atoms with Crippen molar-refractivity contribution in [2.24, 2.45) is 5.92 Å². The SMILES string of the molecule is CCOC(=O)C(C)C1(O)c2cc(C)c(OC)cc2[C@H](C)CC1O. The van der Waals surface area contributed by atoms with Crippen molar-refractivity contribution in [2.45, 2.75) is 51.7 Å². The Balaban J connectivity index is 2.59. The molecule has 0 amide bonds. The highest BCUT2D eigenvalue weighted by molar-refractivity contribution is 5.74. The average molecular weight is 322 g/mol. The average Bonchev–Trinajstić information content (AvgIpc) is 2.51. The van der Waals surface area contributed by atoms with E-state index < -0.39 is 23.6 Å². The lowest BCUT2D eigenvalue weighted by Gasteiger charge is -2.44. The van der Waals surface area contributed by atoms with E-state index in [1.54, 1.807) is 21.0 Å². The van der Waals surface area contributed by atoms with Crippen LogP contribution in [0.4, 0.5) is 0 Å². The summed E-state index contributed by atoms with van der Waals surface area (Å²) >= 11 is 0. The van der Waals surface area contributed by atoms with E-state index >= 15 is 0 Å². The fraction of sp³-hybridized carbons (Fsp3) is 0.611. The van der Waals surface area contributed by atoms with Gasteiger partial charge in [-0.2, -0.15) is 0 Å². The number of carbonyl (C=O) groups excluding carboxylic acids is 1. The Labute approximate surface area is 137 Å². The van der Waals surface area contributed by atoms with Crippen LogP contribution in [0.1, 0.15) is 49.8 Å². The minimum Gasteiger partial charge on any atom is -0.496 e. The monoisotopic (exact) mass is 322 g/mol. The maximum atomic E-state index is 12.2. The topological polar surface area (TPSA) is 76.0 Å². The van der Waals surface area contributed by atoms with Crippen LogP contribution in [0.5, 0.6) is 5.75 Å². The second-order valence-electron chi connectivity index (χ2n) is 6.36. The van der Waals surface area contributed by atoms with Crippen molar-refractivity contribution < 1.29 is 24.5 Å². The molecule has 3 unspecified atom stereocenters. The molecule has 0 heterocycles. The summed E-state index contributed by atoms with van der Waals surface area (Å²) in [4.78, 5) is 12.2. The summed E-state index contributed by atoms with van der Waals surface area (Å²) in [6.45, 7) is 7.42. The first kappa shape index (κ1) is 17.8. The van der Waals surface area contributed by atoms with Crippen molar-refractivity contribution in [1.82, 2.24) is 0 Å². The van der Waals surface area contributed by atoms with Crippen LogP contribution >= 0.6 is 0 Å². The molecule has 1 aromatic carbocycles. The first-order valence-electron chi connectivity index (χ1n) is 8.03. The van der Waals surface area contributed by atoms with Gasteiger partial charge in [-0.1, -0.05) is 6.92 Å². The molecule has 5 heteroatoms. The van der Waals surface area contributed by atoms with Gasteiger partial charge in [0.1, 0.15) is 11.4 Å². The molecule has 0 radical (unpaired) electrons. The lowest BCUT2D eigenvalue weighted by Crippen LogP contribution is -2.51. The zero-order valence-electron chi connectivity index (χ0n) is 14.4. The van der Waals surface area contributed by atoms with Crippen molar-refractivity contribution in [1.29, 1.82) is 0 Å². The van der Waals surface area contributed by atoms with Gasteiger partial charge in [0.25, 0.3) is 0 Å². The van der Waals surface area contributed by atoms with Crippen LogP contribution in [0.25, 0.3) is 0 Å². The van der Waals surface area contributed by atoms with Gasteiger partial charge in [-0.25, -0.2) is 0 Å². The van der Waals surface area contributed by atoms with E-state index in [9.17, 15) is 15.0 Å². The molecule has 0 bridgehead atoms. The van der Waals surface area contributed by atoms with Crippen LogP contribution in [-0.2, 0) is 15.1 Å². The summed E-state index contributed by atoms with van der Waals surface area (Å²) in [7, 11) is 1.60. The summed E-state index contributed by atoms with van der Waals surface area (Å²) in [6, 6.07) is 3.70. The van der Waals surface area contributed by atoms with Crippen molar-refractivity contribution in [2.75, 3.05) is 13.7 Å². The zero-order chi connectivity index (χ0) is 17.4. The van der Waals surface area contributed by atoms with Crippen molar-refractivity contribution >= 4 is 5.97 Å². The van der Waals surface area contributed by atoms with Gasteiger partial charge < -0.3 is 19.7 Å². The highest BCUT2D eigenvalue weighted by Crippen LogP contribution is 2.47. The van der Waals surface area contributed by atoms with Crippen LogP contribution in [0.15, 0.2) is 12.1 Å². The fourth-order valence-corrected chi connectivity index (χ4v) is 3.47. The van der Waals surface area contributed by atoms with Gasteiger partial charge in [0.2, 0.25) is 0 Å². The number of benzene rings is 1. The molecule has 0 saturated carbocycles. The third-order valence-electron chi connectivity index (χ3n) is 4.91. The molecule has 2 rings (SSSR count). The van der Waals surface area contributed by atoms with Gasteiger partial charge in [-0.05, 0) is 61.9 Å². The Kier molecular flexibility index (Phi) is 5.01. The molecule has 4 atom stereocenters. The second-order valence-corrected chi connectivity index (χ2v) is 6.36. The van der Waals surface area contributed by atoms with Crippen LogP contribution < -0.4 is 4.74 Å². The van der Waals surface area contributed by atoms with Gasteiger partial charge in [0.15, 0.2) is 0 Å². The van der Waals surface area contributed by atoms with Crippen LogP contribution in [0, 0.1) is 12.8 Å². The van der Waals surface area contributed by atoms with Crippen molar-refractivity contribution in [3.8, 4) is 5.75 Å². The number of carbonyl (C=O) groups is 1. The smallest absolute Gasteiger partial charge is 0.312 e. The van der Waals surface area contributed by atoms with Gasteiger partial charge in [-0.15, -0.1) is 0 Å². The maximum Gasteiger partial charge on any atom is 0.312 e. The second kappa shape index (κ2) is 6.49. The highest BCUT2D eigenvalue weighted by atomic mass is 16.5. The predicted octanol–water partition coefficient (Wildman–Crippen LogP) is 2.26. The number of ether oxygens (including phenoxy) is 2. The molecule has 1 aromatic rings. The van der Waals surface area contributed by atoms with Crippen molar-refractivity contribution in [3.05, 3.63) is 28.8 Å². The molecular weight excluding hydrogens is 296 g/mol. The third kappa shape index (κ3) is 2.83. The van der Waals surface area contributed by atoms with Gasteiger partial charge in [0.05, 0.1) is 25.7 Å². The first-order chi connectivity index (χ1) is 10.8. The number of hydrogen-bond donors (Lipinski definition) is 2.